The van der Waals surface area contributed by atoms with E-state index in [9.17, 15) is 14.0 Å². The van der Waals surface area contributed by atoms with Crippen molar-refractivity contribution in [2.45, 2.75) is 71.3 Å². The Morgan fingerprint density at radius 3 is 2.62 bits per heavy atom. The van der Waals surface area contributed by atoms with Crippen LogP contribution in [0.2, 0.25) is 0 Å². The lowest BCUT2D eigenvalue weighted by Gasteiger charge is -2.35. The molecule has 1 saturated carbocycles. The molecule has 0 spiro atoms. The molecule has 2 aliphatic rings. The number of piperidine rings is 1. The number of carbonyl (C=O) groups excluding carboxylic acids is 2. The molecule has 1 aliphatic heterocycles. The van der Waals surface area contributed by atoms with Gasteiger partial charge in [0.15, 0.2) is 5.76 Å². The number of benzene rings is 2. The molecular formula is C32H36FN3O4. The van der Waals surface area contributed by atoms with Gasteiger partial charge < -0.3 is 23.9 Å². The highest BCUT2D eigenvalue weighted by Crippen LogP contribution is 2.39. The van der Waals surface area contributed by atoms with Crippen LogP contribution in [-0.2, 0) is 11.3 Å². The molecule has 210 valence electrons. The van der Waals surface area contributed by atoms with Crippen LogP contribution in [0.25, 0.3) is 33.3 Å². The first-order valence-corrected chi connectivity index (χ1v) is 14.1. The van der Waals surface area contributed by atoms with E-state index >= 15 is 0 Å². The smallest absolute Gasteiger partial charge is 0.407 e. The van der Waals surface area contributed by atoms with Crippen molar-refractivity contribution in [1.82, 2.24) is 14.8 Å². The van der Waals surface area contributed by atoms with Crippen LogP contribution in [0.3, 0.4) is 0 Å². The summed E-state index contributed by atoms with van der Waals surface area (Å²) in [6.45, 7) is 8.50. The van der Waals surface area contributed by atoms with Gasteiger partial charge in [-0.25, -0.2) is 9.18 Å². The third-order valence-corrected chi connectivity index (χ3v) is 7.77. The highest BCUT2D eigenvalue weighted by Gasteiger charge is 2.33. The van der Waals surface area contributed by atoms with Crippen molar-refractivity contribution in [3.63, 3.8) is 0 Å². The van der Waals surface area contributed by atoms with Crippen LogP contribution in [0.1, 0.15) is 56.0 Å². The summed E-state index contributed by atoms with van der Waals surface area (Å²) in [5.41, 5.74) is 3.65. The van der Waals surface area contributed by atoms with Gasteiger partial charge in [-0.05, 0) is 70.7 Å². The lowest BCUT2D eigenvalue weighted by molar-refractivity contribution is 0.0395. The highest BCUT2D eigenvalue weighted by molar-refractivity contribution is 5.99. The summed E-state index contributed by atoms with van der Waals surface area (Å²) in [6.07, 6.45) is 0.782. The summed E-state index contributed by atoms with van der Waals surface area (Å²) in [4.78, 5) is 27.2. The topological polar surface area (TPSA) is 76.7 Å². The van der Waals surface area contributed by atoms with Crippen LogP contribution in [-0.4, -0.2) is 52.4 Å². The van der Waals surface area contributed by atoms with Gasteiger partial charge in [-0.3, -0.25) is 4.79 Å². The zero-order valence-corrected chi connectivity index (χ0v) is 23.5. The van der Waals surface area contributed by atoms with Gasteiger partial charge in [0.1, 0.15) is 17.4 Å². The van der Waals surface area contributed by atoms with Gasteiger partial charge >= 0.3 is 6.09 Å². The molecule has 8 heteroatoms. The zero-order valence-electron chi connectivity index (χ0n) is 23.5. The molecule has 0 radical (unpaired) electrons. The van der Waals surface area contributed by atoms with Crippen LogP contribution in [0, 0.1) is 12.8 Å². The first-order valence-electron chi connectivity index (χ1n) is 14.1. The Labute approximate surface area is 233 Å². The molecule has 2 fully saturated rings. The van der Waals surface area contributed by atoms with E-state index in [0.717, 1.165) is 28.9 Å². The number of ether oxygens (including phenoxy) is 1. The first-order chi connectivity index (χ1) is 19.1. The third-order valence-electron chi connectivity index (χ3n) is 7.77. The number of amides is 2. The number of hydrogen-bond donors (Lipinski definition) is 1. The van der Waals surface area contributed by atoms with Gasteiger partial charge in [0, 0.05) is 46.9 Å². The Morgan fingerprint density at radius 2 is 1.88 bits per heavy atom. The molecule has 2 amide bonds. The van der Waals surface area contributed by atoms with Gasteiger partial charge in [0.25, 0.3) is 5.91 Å². The number of hydrogen-bond acceptors (Lipinski definition) is 4. The SMILES string of the molecule is Cc1c(-c2cc3ccccc3n2CC2CC2)oc2cc(C(=O)N3C[C@H](F)C[C@@H](NC(=O)OC(C)(C)C)C3)ccc12. The number of halogens is 1. The highest BCUT2D eigenvalue weighted by atomic mass is 19.1. The molecule has 7 nitrogen and oxygen atoms in total. The number of para-hydroxylation sites is 1. The van der Waals surface area contributed by atoms with Crippen molar-refractivity contribution in [3.8, 4) is 11.5 Å². The van der Waals surface area contributed by atoms with Crippen molar-refractivity contribution in [3.05, 3.63) is 59.7 Å². The number of nitrogens with one attached hydrogen (secondary N) is 1. The third kappa shape index (κ3) is 5.31. The number of aromatic nitrogens is 1. The fraction of sp³-hybridized carbons (Fsp3) is 0.438. The van der Waals surface area contributed by atoms with E-state index in [0.29, 0.717) is 17.1 Å². The minimum Gasteiger partial charge on any atom is -0.454 e. The Bertz CT molecular complexity index is 1590. The molecule has 1 saturated heterocycles. The van der Waals surface area contributed by atoms with Gasteiger partial charge in [-0.1, -0.05) is 24.3 Å². The van der Waals surface area contributed by atoms with Gasteiger partial charge in [0.05, 0.1) is 18.3 Å². The molecule has 2 atom stereocenters. The molecule has 1 aliphatic carbocycles. The number of nitrogens with zero attached hydrogens (tertiary/aromatic N) is 2. The average molecular weight is 546 g/mol. The number of alkyl halides is 1. The lowest BCUT2D eigenvalue weighted by atomic mass is 10.0. The normalized spacial score (nSPS) is 19.8. The summed E-state index contributed by atoms with van der Waals surface area (Å²) in [7, 11) is 0. The molecule has 2 aromatic heterocycles. The maximum Gasteiger partial charge on any atom is 0.407 e. The molecular weight excluding hydrogens is 509 g/mol. The van der Waals surface area contributed by atoms with Crippen LogP contribution in [0.5, 0.6) is 0 Å². The van der Waals surface area contributed by atoms with E-state index in [1.165, 1.54) is 28.6 Å². The maximum absolute atomic E-state index is 14.7. The van der Waals surface area contributed by atoms with Crippen molar-refractivity contribution >= 4 is 33.9 Å². The zero-order chi connectivity index (χ0) is 28.2. The number of alkyl carbamates (subject to hydrolysis) is 1. The summed E-state index contributed by atoms with van der Waals surface area (Å²) in [5, 5.41) is 4.84. The number of fused-ring (bicyclic) bond motifs is 2. The molecule has 1 N–H and O–H groups in total. The Balaban J connectivity index is 1.27. The fourth-order valence-corrected chi connectivity index (χ4v) is 5.72. The van der Waals surface area contributed by atoms with Crippen molar-refractivity contribution in [2.75, 3.05) is 13.1 Å². The molecule has 40 heavy (non-hydrogen) atoms. The standard InChI is InChI=1S/C32H36FN3O4/c1-19-25-12-11-22(30(37)35-17-23(33)15-24(18-35)34-31(38)40-32(2,3)4)14-28(25)39-29(19)27-13-21-7-5-6-8-26(21)36(27)16-20-9-10-20/h5-8,11-14,20,23-24H,9-10,15-18H2,1-4H3,(H,34,38)/t23-,24-/m1/s1. The molecule has 3 heterocycles. The fourth-order valence-electron chi connectivity index (χ4n) is 5.72. The molecule has 2 aromatic carbocycles. The molecule has 0 unspecified atom stereocenters. The molecule has 6 rings (SSSR count). The summed E-state index contributed by atoms with van der Waals surface area (Å²) in [5.74, 6) is 1.21. The van der Waals surface area contributed by atoms with Crippen LogP contribution in [0.15, 0.2) is 52.9 Å². The van der Waals surface area contributed by atoms with E-state index in [4.69, 9.17) is 9.15 Å². The van der Waals surface area contributed by atoms with Gasteiger partial charge in [-0.15, -0.1) is 0 Å². The second-order valence-corrected chi connectivity index (χ2v) is 12.3. The number of carbonyl (C=O) groups is 2. The second kappa shape index (κ2) is 9.98. The van der Waals surface area contributed by atoms with E-state index in [1.807, 2.05) is 19.1 Å². The Kier molecular flexibility index (Phi) is 6.59. The quantitative estimate of drug-likeness (QED) is 0.298. The average Bonchev–Trinajstić information content (AvgIpc) is 3.56. The number of likely N-dealkylation sites (tertiary alicyclic amines) is 1. The first kappa shape index (κ1) is 26.4. The number of rotatable bonds is 5. The number of furan rings is 1. The van der Waals surface area contributed by atoms with E-state index in [-0.39, 0.29) is 25.4 Å². The van der Waals surface area contributed by atoms with E-state index in [2.05, 4.69) is 34.1 Å². The lowest BCUT2D eigenvalue weighted by Crippen LogP contribution is -2.54. The van der Waals surface area contributed by atoms with Crippen molar-refractivity contribution < 1.29 is 23.1 Å². The minimum absolute atomic E-state index is 0.0208. The summed E-state index contributed by atoms with van der Waals surface area (Å²) >= 11 is 0. The maximum atomic E-state index is 14.7. The molecule has 0 bridgehead atoms. The van der Waals surface area contributed by atoms with Crippen LogP contribution >= 0.6 is 0 Å². The van der Waals surface area contributed by atoms with E-state index < -0.39 is 23.9 Å². The van der Waals surface area contributed by atoms with Crippen molar-refractivity contribution in [1.29, 1.82) is 0 Å². The summed E-state index contributed by atoms with van der Waals surface area (Å²) in [6, 6.07) is 15.5. The largest absolute Gasteiger partial charge is 0.454 e. The van der Waals surface area contributed by atoms with Gasteiger partial charge in [-0.2, -0.15) is 0 Å². The van der Waals surface area contributed by atoms with Gasteiger partial charge in [0.2, 0.25) is 0 Å². The second-order valence-electron chi connectivity index (χ2n) is 12.3. The monoisotopic (exact) mass is 545 g/mol. The van der Waals surface area contributed by atoms with Crippen molar-refractivity contribution in [2.24, 2.45) is 5.92 Å². The predicted octanol–water partition coefficient (Wildman–Crippen LogP) is 6.85. The van der Waals surface area contributed by atoms with Crippen LogP contribution in [0.4, 0.5) is 9.18 Å². The predicted molar refractivity (Wildman–Crippen MR) is 153 cm³/mol. The summed E-state index contributed by atoms with van der Waals surface area (Å²) < 4.78 is 28.8. The van der Waals surface area contributed by atoms with E-state index in [1.54, 1.807) is 32.9 Å². The minimum atomic E-state index is -1.24. The molecule has 4 aromatic rings. The Morgan fingerprint density at radius 1 is 1.10 bits per heavy atom. The van der Waals surface area contributed by atoms with Crippen LogP contribution < -0.4 is 5.32 Å². The number of aryl methyl sites for hydroxylation is 1. The Hall–Kier alpha value is -3.81.